The summed E-state index contributed by atoms with van der Waals surface area (Å²) in [5, 5.41) is 14.9. The predicted octanol–water partition coefficient (Wildman–Crippen LogP) is 7.03. The minimum atomic E-state index is -5.08. The Kier molecular flexibility index (Phi) is 12.6. The van der Waals surface area contributed by atoms with Crippen LogP contribution in [0.2, 0.25) is 0 Å². The van der Waals surface area contributed by atoms with Crippen LogP contribution < -0.4 is 10.1 Å². The van der Waals surface area contributed by atoms with Crippen LogP contribution in [-0.2, 0) is 25.6 Å². The van der Waals surface area contributed by atoms with Gasteiger partial charge in [0, 0.05) is 35.6 Å². The van der Waals surface area contributed by atoms with E-state index in [0.29, 0.717) is 18.7 Å². The van der Waals surface area contributed by atoms with E-state index >= 15 is 0 Å². The number of hydrogen-bond donors (Lipinski definition) is 4. The summed E-state index contributed by atoms with van der Waals surface area (Å²) in [4.78, 5) is 51.0. The average molecular weight is 696 g/mol. The molecule has 2 aromatic heterocycles. The molecule has 0 aliphatic carbocycles. The Bertz CT molecular complexity index is 1940. The molecule has 0 aliphatic rings. The number of rotatable bonds is 13. The average Bonchev–Trinajstić information content (AvgIpc) is 3.71. The van der Waals surface area contributed by atoms with Gasteiger partial charge in [-0.05, 0) is 60.4 Å². The van der Waals surface area contributed by atoms with Crippen molar-refractivity contribution in [2.75, 3.05) is 21.3 Å². The Morgan fingerprint density at radius 3 is 2.38 bits per heavy atom. The predicted molar refractivity (Wildman–Crippen MR) is 182 cm³/mol. The van der Waals surface area contributed by atoms with Crippen LogP contribution in [0.25, 0.3) is 32.9 Å². The van der Waals surface area contributed by atoms with Gasteiger partial charge in [0.15, 0.2) is 0 Å². The number of aromatic amines is 2. The molecule has 0 radical (unpaired) electrons. The second-order valence-corrected chi connectivity index (χ2v) is 11.7. The number of aryl methyl sites for hydroxylation is 1. The molecule has 14 heteroatoms. The van der Waals surface area contributed by atoms with Crippen LogP contribution in [0.5, 0.6) is 5.75 Å². The zero-order chi connectivity index (χ0) is 36.4. The summed E-state index contributed by atoms with van der Waals surface area (Å²) in [6.07, 6.45) is 0.478. The summed E-state index contributed by atoms with van der Waals surface area (Å²) >= 11 is 0. The summed E-state index contributed by atoms with van der Waals surface area (Å²) in [6, 6.07) is 20.1. The number of unbranched alkanes of at least 4 members (excludes halogenated alkanes) is 2. The van der Waals surface area contributed by atoms with E-state index in [1.54, 1.807) is 14.2 Å². The first-order valence-corrected chi connectivity index (χ1v) is 15.9. The van der Waals surface area contributed by atoms with Gasteiger partial charge < -0.3 is 25.1 Å². The molecular weight excluding hydrogens is 655 g/mol. The molecule has 0 saturated heterocycles. The van der Waals surface area contributed by atoms with Crippen LogP contribution in [0.1, 0.15) is 55.2 Å². The Morgan fingerprint density at radius 1 is 0.980 bits per heavy atom. The number of nitrogens with one attached hydrogen (secondary N) is 3. The van der Waals surface area contributed by atoms with E-state index in [1.165, 1.54) is 17.6 Å². The van der Waals surface area contributed by atoms with Gasteiger partial charge in [0.2, 0.25) is 11.8 Å². The van der Waals surface area contributed by atoms with Gasteiger partial charge in [-0.25, -0.2) is 14.8 Å². The van der Waals surface area contributed by atoms with Gasteiger partial charge in [-0.1, -0.05) is 49.2 Å². The molecule has 0 bridgehead atoms. The number of imidazole rings is 1. The number of halogens is 3. The number of carbonyl (C=O) groups excluding carboxylic acids is 2. The van der Waals surface area contributed by atoms with Gasteiger partial charge in [0.1, 0.15) is 11.6 Å². The molecule has 4 N–H and O–H groups in total. The van der Waals surface area contributed by atoms with Crippen LogP contribution in [0.4, 0.5) is 13.2 Å². The third kappa shape index (κ3) is 9.84. The quantitative estimate of drug-likeness (QED) is 0.0763. The monoisotopic (exact) mass is 695 g/mol. The molecule has 50 heavy (non-hydrogen) atoms. The number of hydroxylamine groups is 2. The molecule has 0 unspecified atom stereocenters. The topological polar surface area (TPSA) is 150 Å². The number of carboxylic acid groups (broad SMARTS) is 1. The summed E-state index contributed by atoms with van der Waals surface area (Å²) in [5.74, 6) is -1.43. The number of fused-ring (bicyclic) bond motifs is 2. The Hall–Kier alpha value is -5.37. The fourth-order valence-corrected chi connectivity index (χ4v) is 5.48. The van der Waals surface area contributed by atoms with Crippen molar-refractivity contribution in [2.24, 2.45) is 0 Å². The Morgan fingerprint density at radius 2 is 1.70 bits per heavy atom. The van der Waals surface area contributed by atoms with Crippen LogP contribution in [0, 0.1) is 6.92 Å². The zero-order valence-electron chi connectivity index (χ0n) is 28.2. The lowest BCUT2D eigenvalue weighted by Crippen LogP contribution is -2.30. The number of carboxylic acids is 1. The summed E-state index contributed by atoms with van der Waals surface area (Å²) < 4.78 is 37.2. The van der Waals surface area contributed by atoms with E-state index in [-0.39, 0.29) is 24.3 Å². The molecule has 2 amide bonds. The summed E-state index contributed by atoms with van der Waals surface area (Å²) in [7, 11) is 4.73. The molecule has 11 nitrogen and oxygen atoms in total. The second kappa shape index (κ2) is 16.8. The third-order valence-electron chi connectivity index (χ3n) is 8.24. The van der Waals surface area contributed by atoms with E-state index < -0.39 is 12.1 Å². The first-order valence-electron chi connectivity index (χ1n) is 15.9. The SMILES string of the molecule is COc1ccc2[nH]c(C)c(CC(=O)N[C@@H](CCCCCC(=O)N(C)OC)c3ncc(-c4ccc5ccccc5c4)[nH]3)c2c1.O=C(O)C(F)(F)F. The number of aliphatic carboxylic acids is 1. The van der Waals surface area contributed by atoms with Crippen LogP contribution in [0.15, 0.2) is 66.9 Å². The highest BCUT2D eigenvalue weighted by Gasteiger charge is 2.38. The lowest BCUT2D eigenvalue weighted by Gasteiger charge is -2.17. The number of H-pyrrole nitrogens is 2. The van der Waals surface area contributed by atoms with Crippen LogP contribution in [0.3, 0.4) is 0 Å². The van der Waals surface area contributed by atoms with Gasteiger partial charge in [-0.2, -0.15) is 13.2 Å². The lowest BCUT2D eigenvalue weighted by atomic mass is 10.0. The fourth-order valence-electron chi connectivity index (χ4n) is 5.48. The Balaban J connectivity index is 0.000000727. The molecule has 1 atom stereocenters. The Labute approximate surface area is 286 Å². The van der Waals surface area contributed by atoms with Crippen molar-refractivity contribution in [1.82, 2.24) is 25.3 Å². The molecule has 2 heterocycles. The van der Waals surface area contributed by atoms with Gasteiger partial charge >= 0.3 is 12.1 Å². The van der Waals surface area contributed by atoms with E-state index in [0.717, 1.165) is 63.8 Å². The molecule has 0 fully saturated rings. The van der Waals surface area contributed by atoms with Gasteiger partial charge in [0.05, 0.1) is 38.6 Å². The number of amides is 2. The second-order valence-electron chi connectivity index (χ2n) is 11.7. The van der Waals surface area contributed by atoms with Crippen LogP contribution >= 0.6 is 0 Å². The van der Waals surface area contributed by atoms with Gasteiger partial charge in [-0.15, -0.1) is 0 Å². The third-order valence-corrected chi connectivity index (χ3v) is 8.24. The number of ether oxygens (including phenoxy) is 1. The normalized spacial score (nSPS) is 11.9. The molecule has 3 aromatic carbocycles. The molecular formula is C36H40F3N5O6. The first kappa shape index (κ1) is 37.4. The smallest absolute Gasteiger partial charge is 0.490 e. The first-order chi connectivity index (χ1) is 23.8. The maximum Gasteiger partial charge on any atom is 0.490 e. The van der Waals surface area contributed by atoms with Crippen LogP contribution in [-0.4, -0.2) is 70.3 Å². The molecule has 0 aliphatic heterocycles. The van der Waals surface area contributed by atoms with Crippen molar-refractivity contribution < 1.29 is 42.2 Å². The maximum absolute atomic E-state index is 13.5. The molecule has 5 rings (SSSR count). The number of carbonyl (C=O) groups is 3. The van der Waals surface area contributed by atoms with Crippen molar-refractivity contribution in [3.63, 3.8) is 0 Å². The summed E-state index contributed by atoms with van der Waals surface area (Å²) in [5.41, 5.74) is 4.80. The van der Waals surface area contributed by atoms with Gasteiger partial charge in [0.25, 0.3) is 0 Å². The minimum Gasteiger partial charge on any atom is -0.497 e. The van der Waals surface area contributed by atoms with Crippen molar-refractivity contribution in [1.29, 1.82) is 0 Å². The number of methoxy groups -OCH3 is 1. The summed E-state index contributed by atoms with van der Waals surface area (Å²) in [6.45, 7) is 1.98. The number of benzene rings is 3. The number of hydrogen-bond acceptors (Lipinski definition) is 6. The van der Waals surface area contributed by atoms with Crippen molar-refractivity contribution in [3.05, 3.63) is 83.9 Å². The van der Waals surface area contributed by atoms with E-state index in [2.05, 4.69) is 45.6 Å². The highest BCUT2D eigenvalue weighted by molar-refractivity contribution is 5.91. The van der Waals surface area contributed by atoms with Crippen molar-refractivity contribution in [2.45, 2.75) is 57.7 Å². The molecule has 0 spiro atoms. The van der Waals surface area contributed by atoms with E-state index in [1.807, 2.05) is 43.5 Å². The molecule has 266 valence electrons. The minimum absolute atomic E-state index is 0.0517. The zero-order valence-corrected chi connectivity index (χ0v) is 28.2. The standard InChI is InChI=1S/C34H39N5O4.C2HF3O2/c1-22-27(28-19-26(42-3)16-17-29(28)36-22)20-32(40)37-30(12-6-5-7-13-33(41)39(2)43-4)34-35-21-31(38-34)25-15-14-23-10-8-9-11-24(23)18-25;3-2(4,5)1(6)7/h8-11,14-19,21,30,36H,5-7,12-13,20H2,1-4H3,(H,35,38)(H,37,40);(H,6,7)/t30-;/m0./s1. The van der Waals surface area contributed by atoms with Crippen molar-refractivity contribution in [3.8, 4) is 17.0 Å². The highest BCUT2D eigenvalue weighted by atomic mass is 19.4. The van der Waals surface area contributed by atoms with E-state index in [9.17, 15) is 22.8 Å². The van der Waals surface area contributed by atoms with Gasteiger partial charge in [-0.3, -0.25) is 14.4 Å². The molecule has 0 saturated carbocycles. The largest absolute Gasteiger partial charge is 0.497 e. The lowest BCUT2D eigenvalue weighted by molar-refractivity contribution is -0.192. The number of nitrogens with zero attached hydrogens (tertiary/aromatic N) is 2. The van der Waals surface area contributed by atoms with Crippen molar-refractivity contribution >= 4 is 39.5 Å². The fraction of sp³-hybridized carbons (Fsp3) is 0.333. The highest BCUT2D eigenvalue weighted by Crippen LogP contribution is 2.29. The molecule has 5 aromatic rings. The number of aromatic nitrogens is 3. The van der Waals surface area contributed by atoms with E-state index in [4.69, 9.17) is 24.5 Å². The maximum atomic E-state index is 13.5. The number of alkyl halides is 3.